The molecule has 63 heavy (non-hydrogen) atoms. The van der Waals surface area contributed by atoms with E-state index in [1.54, 1.807) is 0 Å². The normalized spacial score (nSPS) is 20.3. The van der Waals surface area contributed by atoms with Gasteiger partial charge in [0.05, 0.1) is 19.8 Å². The molecule has 4 N–H and O–H groups in total. The second-order valence-corrected chi connectivity index (χ2v) is 18.1. The molecule has 0 aliphatic carbocycles. The summed E-state index contributed by atoms with van der Waals surface area (Å²) in [4.78, 5) is 12.8. The highest BCUT2D eigenvalue weighted by molar-refractivity contribution is 7.80. The van der Waals surface area contributed by atoms with Gasteiger partial charge in [0.1, 0.15) is 30.5 Å². The number of allylic oxidation sites excluding steroid dienone is 8. The van der Waals surface area contributed by atoms with Crippen LogP contribution in [0.1, 0.15) is 200 Å². The van der Waals surface area contributed by atoms with Crippen LogP contribution < -0.4 is 0 Å². The Morgan fingerprint density at radius 2 is 1.10 bits per heavy atom. The number of aliphatic hydroxyl groups is 3. The molecule has 0 amide bonds. The van der Waals surface area contributed by atoms with Gasteiger partial charge in [-0.25, -0.2) is 4.18 Å². The highest BCUT2D eigenvalue weighted by atomic mass is 32.3. The zero-order valence-corrected chi connectivity index (χ0v) is 40.2. The highest BCUT2D eigenvalue weighted by Gasteiger charge is 2.48. The average Bonchev–Trinajstić information content (AvgIpc) is 3.26. The summed E-state index contributed by atoms with van der Waals surface area (Å²) in [5.41, 5.74) is 0. The van der Waals surface area contributed by atoms with Gasteiger partial charge in [-0.05, 0) is 51.4 Å². The summed E-state index contributed by atoms with van der Waals surface area (Å²) in [6.07, 6.45) is 41.6. The smallest absolute Gasteiger partial charge is 0.397 e. The Hall–Kier alpha value is -1.94. The van der Waals surface area contributed by atoms with Crippen molar-refractivity contribution in [2.75, 3.05) is 26.4 Å². The van der Waals surface area contributed by atoms with Crippen molar-refractivity contribution in [2.45, 2.75) is 237 Å². The largest absolute Gasteiger partial charge is 0.457 e. The molecule has 1 fully saturated rings. The lowest BCUT2D eigenvalue weighted by Gasteiger charge is -2.41. The second kappa shape index (κ2) is 41.5. The molecule has 1 aliphatic rings. The molecule has 6 atom stereocenters. The van der Waals surface area contributed by atoms with Crippen LogP contribution in [0.3, 0.4) is 0 Å². The summed E-state index contributed by atoms with van der Waals surface area (Å²) in [5, 5.41) is 30.7. The molecule has 1 saturated heterocycles. The molecule has 0 aromatic heterocycles. The summed E-state index contributed by atoms with van der Waals surface area (Å²) in [5.74, 6) is -0.401. The van der Waals surface area contributed by atoms with E-state index in [4.69, 9.17) is 23.5 Å². The van der Waals surface area contributed by atoms with E-state index in [0.29, 0.717) is 13.0 Å². The molecule has 0 aromatic carbocycles. The van der Waals surface area contributed by atoms with Crippen LogP contribution in [0.4, 0.5) is 0 Å². The van der Waals surface area contributed by atoms with Gasteiger partial charge in [0, 0.05) is 13.0 Å². The Bertz CT molecular complexity index is 1290. The predicted molar refractivity (Wildman–Crippen MR) is 253 cm³/mol. The van der Waals surface area contributed by atoms with Gasteiger partial charge in [-0.15, -0.1) is 0 Å². The minimum absolute atomic E-state index is 0.0366. The van der Waals surface area contributed by atoms with Gasteiger partial charge in [-0.3, -0.25) is 9.35 Å². The Labute approximate surface area is 383 Å². The van der Waals surface area contributed by atoms with Gasteiger partial charge in [-0.2, -0.15) is 8.42 Å². The van der Waals surface area contributed by atoms with E-state index in [9.17, 15) is 28.5 Å². The van der Waals surface area contributed by atoms with E-state index < -0.39 is 59.8 Å². The fourth-order valence-corrected chi connectivity index (χ4v) is 8.00. The van der Waals surface area contributed by atoms with Crippen molar-refractivity contribution in [3.05, 3.63) is 48.6 Å². The third-order valence-corrected chi connectivity index (χ3v) is 11.7. The molecule has 368 valence electrons. The molecular formula is C50H90O12S. The van der Waals surface area contributed by atoms with E-state index in [2.05, 4.69) is 66.6 Å². The standard InChI is InChI=1S/C50H90O12S/c1-3-5-7-9-11-13-15-16-17-18-19-20-21-22-23-24-25-26-27-28-29-30-32-34-36-38-40-58-42-44(60-46(52)39-37-35-33-31-14-12-10-8-6-4-2)43-59-50-48(54)49(62-63(55,56)57)47(53)45(41-51)61-50/h5,7,11,13,16-17,19-20,44-45,47-51,53-54H,3-4,6,8-10,12,14-15,18,21-43H2,1-2H3,(H,55,56,57)/b7-5-,13-11-,17-16-,20-19-. The summed E-state index contributed by atoms with van der Waals surface area (Å²) < 4.78 is 59.1. The maximum atomic E-state index is 12.8. The lowest BCUT2D eigenvalue weighted by atomic mass is 9.99. The first-order chi connectivity index (χ1) is 30.6. The Balaban J connectivity index is 2.27. The van der Waals surface area contributed by atoms with E-state index in [-0.39, 0.29) is 19.6 Å². The van der Waals surface area contributed by atoms with Crippen molar-refractivity contribution in [1.82, 2.24) is 0 Å². The van der Waals surface area contributed by atoms with E-state index in [1.807, 2.05) is 0 Å². The molecule has 0 radical (unpaired) electrons. The Morgan fingerprint density at radius 1 is 0.619 bits per heavy atom. The van der Waals surface area contributed by atoms with Crippen LogP contribution in [0.2, 0.25) is 0 Å². The van der Waals surface area contributed by atoms with Crippen molar-refractivity contribution in [3.63, 3.8) is 0 Å². The molecule has 0 spiro atoms. The molecule has 1 heterocycles. The van der Waals surface area contributed by atoms with Crippen LogP contribution in [-0.4, -0.2) is 97.5 Å². The molecule has 0 bridgehead atoms. The van der Waals surface area contributed by atoms with E-state index in [0.717, 1.165) is 64.2 Å². The number of unbranched alkanes of at least 4 members (excludes halogenated alkanes) is 22. The van der Waals surface area contributed by atoms with Gasteiger partial charge < -0.3 is 34.3 Å². The zero-order chi connectivity index (χ0) is 46.1. The zero-order valence-electron chi connectivity index (χ0n) is 39.4. The van der Waals surface area contributed by atoms with E-state index >= 15 is 0 Å². The van der Waals surface area contributed by atoms with Crippen LogP contribution in [0.25, 0.3) is 0 Å². The SMILES string of the molecule is CC/C=C\C/C=C\C/C=C\C/C=C\CCCCCCCCCCCCCCCOCC(COC1OC(CO)C(O)C(OS(=O)(=O)O)C1O)OC(=O)CCCCCCCCCCCC. The molecule has 0 aromatic rings. The first-order valence-corrected chi connectivity index (χ1v) is 26.3. The molecule has 1 rings (SSSR count). The van der Waals surface area contributed by atoms with Crippen LogP contribution in [0.5, 0.6) is 0 Å². The third kappa shape index (κ3) is 35.0. The molecule has 12 nitrogen and oxygen atoms in total. The first kappa shape index (κ1) is 59.1. The van der Waals surface area contributed by atoms with Crippen LogP contribution in [-0.2, 0) is 38.3 Å². The summed E-state index contributed by atoms with van der Waals surface area (Å²) in [7, 11) is -5.06. The van der Waals surface area contributed by atoms with Crippen molar-refractivity contribution < 1.29 is 56.2 Å². The Morgan fingerprint density at radius 3 is 1.60 bits per heavy atom. The maximum Gasteiger partial charge on any atom is 0.397 e. The van der Waals surface area contributed by atoms with Gasteiger partial charge in [-0.1, -0.05) is 191 Å². The van der Waals surface area contributed by atoms with Crippen LogP contribution in [0.15, 0.2) is 48.6 Å². The Kier molecular flexibility index (Phi) is 38.9. The second-order valence-electron chi connectivity index (χ2n) is 17.0. The number of ether oxygens (including phenoxy) is 4. The van der Waals surface area contributed by atoms with Crippen LogP contribution in [0, 0.1) is 0 Å². The molecule has 0 saturated carbocycles. The van der Waals surface area contributed by atoms with Crippen molar-refractivity contribution in [3.8, 4) is 0 Å². The summed E-state index contributed by atoms with van der Waals surface area (Å²) in [6.45, 7) is 3.87. The van der Waals surface area contributed by atoms with Crippen molar-refractivity contribution in [1.29, 1.82) is 0 Å². The fourth-order valence-electron chi connectivity index (χ4n) is 7.49. The average molecular weight is 915 g/mol. The number of rotatable bonds is 43. The van der Waals surface area contributed by atoms with Gasteiger partial charge in [0.15, 0.2) is 6.29 Å². The quantitative estimate of drug-likeness (QED) is 0.0197. The van der Waals surface area contributed by atoms with Crippen LogP contribution >= 0.6 is 0 Å². The minimum Gasteiger partial charge on any atom is -0.457 e. The maximum absolute atomic E-state index is 12.8. The van der Waals surface area contributed by atoms with Crippen molar-refractivity contribution in [2.24, 2.45) is 0 Å². The number of hydrogen-bond acceptors (Lipinski definition) is 11. The number of carbonyl (C=O) groups excluding carboxylic acids is 1. The number of carbonyl (C=O) groups is 1. The summed E-state index contributed by atoms with van der Waals surface area (Å²) in [6, 6.07) is 0. The number of esters is 1. The minimum atomic E-state index is -5.06. The van der Waals surface area contributed by atoms with Gasteiger partial charge >= 0.3 is 16.4 Å². The fraction of sp³-hybridized carbons (Fsp3) is 0.820. The topological polar surface area (TPSA) is 178 Å². The molecule has 1 aliphatic heterocycles. The molecule has 13 heteroatoms. The van der Waals surface area contributed by atoms with Crippen molar-refractivity contribution >= 4 is 16.4 Å². The monoisotopic (exact) mass is 915 g/mol. The molecule has 6 unspecified atom stereocenters. The van der Waals surface area contributed by atoms with E-state index in [1.165, 1.54) is 109 Å². The molecular weight excluding hydrogens is 825 g/mol. The lowest BCUT2D eigenvalue weighted by molar-refractivity contribution is -0.301. The summed E-state index contributed by atoms with van der Waals surface area (Å²) >= 11 is 0. The third-order valence-electron chi connectivity index (χ3n) is 11.2. The highest BCUT2D eigenvalue weighted by Crippen LogP contribution is 2.26. The predicted octanol–water partition coefficient (Wildman–Crippen LogP) is 11.1. The number of aliphatic hydroxyl groups excluding tert-OH is 3. The van der Waals surface area contributed by atoms with Gasteiger partial charge in [0.2, 0.25) is 0 Å². The first-order valence-electron chi connectivity index (χ1n) is 24.9. The lowest BCUT2D eigenvalue weighted by Crippen LogP contribution is -2.60. The van der Waals surface area contributed by atoms with Gasteiger partial charge in [0.25, 0.3) is 0 Å². The number of hydrogen-bond donors (Lipinski definition) is 4.